The van der Waals surface area contributed by atoms with Crippen LogP contribution >= 0.6 is 0 Å². The Morgan fingerprint density at radius 1 is 0.931 bits per heavy atom. The molecule has 1 atom stereocenters. The third-order valence-corrected chi connectivity index (χ3v) is 5.53. The molecule has 0 saturated heterocycles. The molecule has 0 unspecified atom stereocenters. The van der Waals surface area contributed by atoms with Crippen molar-refractivity contribution in [3.05, 3.63) is 86.1 Å². The van der Waals surface area contributed by atoms with E-state index in [0.29, 0.717) is 22.3 Å². The van der Waals surface area contributed by atoms with Gasteiger partial charge in [0.25, 0.3) is 5.56 Å². The van der Waals surface area contributed by atoms with Gasteiger partial charge in [0.2, 0.25) is 5.91 Å². The smallest absolute Gasteiger partial charge is 0.329 e. The van der Waals surface area contributed by atoms with Crippen molar-refractivity contribution in [3.63, 3.8) is 0 Å². The maximum atomic E-state index is 13.0. The van der Waals surface area contributed by atoms with E-state index in [1.165, 1.54) is 4.57 Å². The molecule has 7 heteroatoms. The topological polar surface area (TPSA) is 99.8 Å². The molecule has 7 nitrogen and oxygen atoms in total. The number of fused-ring (bicyclic) bond motifs is 2. The number of para-hydroxylation sites is 1. The summed E-state index contributed by atoms with van der Waals surface area (Å²) in [4.78, 5) is 43.5. The van der Waals surface area contributed by atoms with E-state index in [0.717, 1.165) is 22.4 Å². The molecule has 0 saturated carbocycles. The molecule has 3 heterocycles. The van der Waals surface area contributed by atoms with Crippen LogP contribution in [0, 0.1) is 6.92 Å². The third kappa shape index (κ3) is 2.47. The second-order valence-electron chi connectivity index (χ2n) is 7.33. The van der Waals surface area contributed by atoms with Crippen LogP contribution in [-0.2, 0) is 11.8 Å². The molecule has 2 aromatic carbocycles. The number of amides is 1. The standard InChI is InChI=1S/C22H18N4O3/c1-11-7-9-12(10-8-11)18-16(15-13-5-3-4-6-14(13)23-20(15)27)17-19(24-18)26(2)22(29)25-21(17)28/h3-10,15,24H,1-2H3,(H,23,27)(H,25,28,29)/t15-/m1/s1. The molecular formula is C22H18N4O3. The fourth-order valence-corrected chi connectivity index (χ4v) is 4.06. The van der Waals surface area contributed by atoms with Gasteiger partial charge in [0.15, 0.2) is 0 Å². The number of aromatic amines is 2. The highest BCUT2D eigenvalue weighted by atomic mass is 16.2. The van der Waals surface area contributed by atoms with E-state index in [9.17, 15) is 14.4 Å². The molecule has 2 aromatic heterocycles. The number of hydrogen-bond acceptors (Lipinski definition) is 3. The molecule has 1 aliphatic rings. The van der Waals surface area contributed by atoms with E-state index in [1.54, 1.807) is 7.05 Å². The molecule has 0 spiro atoms. The summed E-state index contributed by atoms with van der Waals surface area (Å²) in [7, 11) is 1.59. The fourth-order valence-electron chi connectivity index (χ4n) is 4.06. The predicted octanol–water partition coefficient (Wildman–Crippen LogP) is 2.61. The average Bonchev–Trinajstić information content (AvgIpc) is 3.24. The molecule has 1 aliphatic heterocycles. The van der Waals surface area contributed by atoms with Crippen molar-refractivity contribution in [3.8, 4) is 11.3 Å². The number of benzene rings is 2. The van der Waals surface area contributed by atoms with Gasteiger partial charge in [-0.3, -0.25) is 19.1 Å². The minimum atomic E-state index is -0.658. The lowest BCUT2D eigenvalue weighted by Crippen LogP contribution is -2.28. The number of nitrogens with one attached hydrogen (secondary N) is 3. The number of rotatable bonds is 2. The van der Waals surface area contributed by atoms with Crippen LogP contribution in [0.2, 0.25) is 0 Å². The van der Waals surface area contributed by atoms with Gasteiger partial charge in [-0.05, 0) is 24.1 Å². The van der Waals surface area contributed by atoms with Crippen molar-refractivity contribution in [2.45, 2.75) is 12.8 Å². The Morgan fingerprint density at radius 2 is 1.66 bits per heavy atom. The second kappa shape index (κ2) is 6.07. The summed E-state index contributed by atoms with van der Waals surface area (Å²) >= 11 is 0. The number of nitrogens with zero attached hydrogens (tertiary/aromatic N) is 1. The van der Waals surface area contributed by atoms with E-state index in [4.69, 9.17) is 0 Å². The molecular weight excluding hydrogens is 368 g/mol. The SMILES string of the molecule is Cc1ccc(-c2[nH]c3c(c2[C@@H]2C(=O)Nc4ccccc42)c(=O)[nH]c(=O)n3C)cc1. The normalized spacial score (nSPS) is 15.5. The number of aryl methyl sites for hydroxylation is 2. The fraction of sp³-hybridized carbons (Fsp3) is 0.136. The van der Waals surface area contributed by atoms with Crippen molar-refractivity contribution in [2.24, 2.45) is 7.05 Å². The van der Waals surface area contributed by atoms with Crippen molar-refractivity contribution in [2.75, 3.05) is 5.32 Å². The van der Waals surface area contributed by atoms with Crippen molar-refractivity contribution >= 4 is 22.6 Å². The average molecular weight is 386 g/mol. The summed E-state index contributed by atoms with van der Waals surface area (Å²) in [6, 6.07) is 15.3. The Balaban J connectivity index is 1.91. The van der Waals surface area contributed by atoms with E-state index in [1.807, 2.05) is 55.5 Å². The van der Waals surface area contributed by atoms with E-state index >= 15 is 0 Å². The number of H-pyrrole nitrogens is 2. The van der Waals surface area contributed by atoms with Crippen molar-refractivity contribution < 1.29 is 4.79 Å². The zero-order chi connectivity index (χ0) is 20.3. The highest BCUT2D eigenvalue weighted by Crippen LogP contribution is 2.43. The molecule has 5 rings (SSSR count). The number of anilines is 1. The first kappa shape index (κ1) is 17.2. The van der Waals surface area contributed by atoms with Gasteiger partial charge >= 0.3 is 5.69 Å². The van der Waals surface area contributed by atoms with Gasteiger partial charge in [0.1, 0.15) is 5.65 Å². The monoisotopic (exact) mass is 386 g/mol. The van der Waals surface area contributed by atoms with E-state index in [-0.39, 0.29) is 5.91 Å². The largest absolute Gasteiger partial charge is 0.340 e. The molecule has 0 bridgehead atoms. The minimum absolute atomic E-state index is 0.200. The first-order valence-electron chi connectivity index (χ1n) is 9.27. The Labute approximate surface area is 165 Å². The third-order valence-electron chi connectivity index (χ3n) is 5.53. The lowest BCUT2D eigenvalue weighted by Gasteiger charge is -2.12. The Hall–Kier alpha value is -3.87. The van der Waals surface area contributed by atoms with Crippen LogP contribution in [0.3, 0.4) is 0 Å². The molecule has 0 aliphatic carbocycles. The van der Waals surface area contributed by atoms with Gasteiger partial charge in [-0.15, -0.1) is 0 Å². The minimum Gasteiger partial charge on any atom is -0.340 e. The molecule has 0 fully saturated rings. The zero-order valence-corrected chi connectivity index (χ0v) is 15.9. The zero-order valence-electron chi connectivity index (χ0n) is 15.9. The maximum Gasteiger partial charge on any atom is 0.329 e. The van der Waals surface area contributed by atoms with Crippen LogP contribution in [0.15, 0.2) is 58.1 Å². The van der Waals surface area contributed by atoms with Crippen molar-refractivity contribution in [1.82, 2.24) is 14.5 Å². The van der Waals surface area contributed by atoms with E-state index < -0.39 is 17.2 Å². The summed E-state index contributed by atoms with van der Waals surface area (Å²) in [6.07, 6.45) is 0. The van der Waals surface area contributed by atoms with Crippen LogP contribution in [0.1, 0.15) is 22.6 Å². The van der Waals surface area contributed by atoms with Gasteiger partial charge in [-0.2, -0.15) is 0 Å². The van der Waals surface area contributed by atoms with Gasteiger partial charge in [-0.1, -0.05) is 48.0 Å². The lowest BCUT2D eigenvalue weighted by atomic mass is 9.89. The molecule has 144 valence electrons. The number of carbonyl (C=O) groups excluding carboxylic acids is 1. The van der Waals surface area contributed by atoms with Crippen LogP contribution in [0.4, 0.5) is 5.69 Å². The van der Waals surface area contributed by atoms with Crippen LogP contribution in [0.25, 0.3) is 22.3 Å². The lowest BCUT2D eigenvalue weighted by molar-refractivity contribution is -0.116. The first-order chi connectivity index (χ1) is 14.0. The van der Waals surface area contributed by atoms with Crippen LogP contribution in [-0.4, -0.2) is 20.4 Å². The second-order valence-corrected chi connectivity index (χ2v) is 7.33. The highest BCUT2D eigenvalue weighted by Gasteiger charge is 2.37. The Bertz CT molecular complexity index is 1410. The quantitative estimate of drug-likeness (QED) is 0.494. The van der Waals surface area contributed by atoms with Gasteiger partial charge in [-0.25, -0.2) is 4.79 Å². The molecule has 4 aromatic rings. The summed E-state index contributed by atoms with van der Waals surface area (Å²) < 4.78 is 1.36. The summed E-state index contributed by atoms with van der Waals surface area (Å²) in [5, 5.41) is 3.22. The van der Waals surface area contributed by atoms with Gasteiger partial charge in [0.05, 0.1) is 17.0 Å². The first-order valence-corrected chi connectivity index (χ1v) is 9.27. The van der Waals surface area contributed by atoms with Crippen LogP contribution < -0.4 is 16.6 Å². The Morgan fingerprint density at radius 3 is 2.41 bits per heavy atom. The molecule has 0 radical (unpaired) electrons. The summed E-state index contributed by atoms with van der Waals surface area (Å²) in [5.41, 5.74) is 4.07. The molecule has 29 heavy (non-hydrogen) atoms. The van der Waals surface area contributed by atoms with Crippen molar-refractivity contribution in [1.29, 1.82) is 0 Å². The number of carbonyl (C=O) groups is 1. The Kier molecular flexibility index (Phi) is 3.61. The van der Waals surface area contributed by atoms with Gasteiger partial charge < -0.3 is 10.3 Å². The van der Waals surface area contributed by atoms with Gasteiger partial charge in [0, 0.05) is 18.3 Å². The summed E-state index contributed by atoms with van der Waals surface area (Å²) in [6.45, 7) is 1.99. The molecule has 1 amide bonds. The van der Waals surface area contributed by atoms with Crippen LogP contribution in [0.5, 0.6) is 0 Å². The predicted molar refractivity (Wildman–Crippen MR) is 111 cm³/mol. The summed E-state index contributed by atoms with van der Waals surface area (Å²) in [5.74, 6) is -0.858. The maximum absolute atomic E-state index is 13.0. The van der Waals surface area contributed by atoms with E-state index in [2.05, 4.69) is 15.3 Å². The number of aromatic nitrogens is 3. The highest BCUT2D eigenvalue weighted by molar-refractivity contribution is 6.08. The number of hydrogen-bond donors (Lipinski definition) is 3. The molecule has 3 N–H and O–H groups in total.